The average molecular weight is 286 g/mol. The molecule has 7 nitrogen and oxygen atoms in total. The second-order valence-electron chi connectivity index (χ2n) is 4.28. The van der Waals surface area contributed by atoms with Gasteiger partial charge >= 0.3 is 17.9 Å². The van der Waals surface area contributed by atoms with Crippen LogP contribution in [0.5, 0.6) is 0 Å². The van der Waals surface area contributed by atoms with Crippen molar-refractivity contribution in [3.8, 4) is 0 Å². The van der Waals surface area contributed by atoms with Gasteiger partial charge < -0.3 is 18.9 Å². The van der Waals surface area contributed by atoms with Crippen molar-refractivity contribution in [3.63, 3.8) is 0 Å². The Morgan fingerprint density at radius 3 is 2.25 bits per heavy atom. The Kier molecular flexibility index (Phi) is 6.02. The van der Waals surface area contributed by atoms with Gasteiger partial charge in [0.1, 0.15) is 6.10 Å². The lowest BCUT2D eigenvalue weighted by molar-refractivity contribution is -0.175. The Bertz CT molecular complexity index is 402. The summed E-state index contributed by atoms with van der Waals surface area (Å²) < 4.78 is 20.4. The number of esters is 3. The van der Waals surface area contributed by atoms with E-state index in [1.54, 1.807) is 0 Å². The van der Waals surface area contributed by atoms with E-state index in [9.17, 15) is 14.4 Å². The molecule has 0 aromatic carbocycles. The lowest BCUT2D eigenvalue weighted by atomic mass is 10.0. The van der Waals surface area contributed by atoms with Crippen molar-refractivity contribution in [3.05, 3.63) is 12.3 Å². The summed E-state index contributed by atoms with van der Waals surface area (Å²) in [6, 6.07) is 0. The first-order chi connectivity index (χ1) is 9.40. The van der Waals surface area contributed by atoms with Crippen LogP contribution in [0, 0.1) is 0 Å². The quantitative estimate of drug-likeness (QED) is 0.543. The van der Waals surface area contributed by atoms with Gasteiger partial charge in [-0.25, -0.2) is 0 Å². The first kappa shape index (κ1) is 16.0. The zero-order chi connectivity index (χ0) is 15.1. The first-order valence-electron chi connectivity index (χ1n) is 6.20. The third-order valence-corrected chi connectivity index (χ3v) is 2.52. The van der Waals surface area contributed by atoms with E-state index in [-0.39, 0.29) is 6.61 Å². The van der Waals surface area contributed by atoms with Crippen LogP contribution in [-0.2, 0) is 33.3 Å². The van der Waals surface area contributed by atoms with Gasteiger partial charge in [0.05, 0.1) is 12.9 Å². The number of hydrogen-bond donors (Lipinski definition) is 0. The summed E-state index contributed by atoms with van der Waals surface area (Å²) in [6.45, 7) is 3.94. The van der Waals surface area contributed by atoms with E-state index in [4.69, 9.17) is 18.9 Å². The molecule has 0 aromatic heterocycles. The van der Waals surface area contributed by atoms with Crippen LogP contribution in [-0.4, -0.2) is 42.8 Å². The largest absolute Gasteiger partial charge is 0.494 e. The molecular weight excluding hydrogens is 268 g/mol. The van der Waals surface area contributed by atoms with E-state index in [1.165, 1.54) is 33.1 Å². The van der Waals surface area contributed by atoms with Gasteiger partial charge in [0.15, 0.2) is 12.2 Å². The fourth-order valence-corrected chi connectivity index (χ4v) is 1.81. The molecule has 112 valence electrons. The molecule has 0 spiro atoms. The van der Waals surface area contributed by atoms with Crippen molar-refractivity contribution < 1.29 is 33.3 Å². The summed E-state index contributed by atoms with van der Waals surface area (Å²) in [5.74, 6) is -1.40. The summed E-state index contributed by atoms with van der Waals surface area (Å²) >= 11 is 0. The highest BCUT2D eigenvalue weighted by molar-refractivity contribution is 5.67. The minimum absolute atomic E-state index is 0.123. The average Bonchev–Trinajstić information content (AvgIpc) is 2.31. The van der Waals surface area contributed by atoms with Crippen molar-refractivity contribution in [1.82, 2.24) is 0 Å². The van der Waals surface area contributed by atoms with Gasteiger partial charge in [0.2, 0.25) is 0 Å². The minimum atomic E-state index is -0.767. The maximum absolute atomic E-state index is 11.1. The van der Waals surface area contributed by atoms with Crippen LogP contribution < -0.4 is 0 Å². The SMILES string of the molecule is CC(=O)OCC[C@H]1OC=C[C@@H](OC(C)=O)[C@@H]1OC(C)=O. The van der Waals surface area contributed by atoms with Crippen molar-refractivity contribution >= 4 is 17.9 Å². The highest BCUT2D eigenvalue weighted by Crippen LogP contribution is 2.21. The number of carbonyl (C=O) groups excluding carboxylic acids is 3. The second kappa shape index (κ2) is 7.52. The predicted octanol–water partition coefficient (Wildman–Crippen LogP) is 0.716. The van der Waals surface area contributed by atoms with Crippen molar-refractivity contribution in [2.24, 2.45) is 0 Å². The molecular formula is C13H18O7. The van der Waals surface area contributed by atoms with Gasteiger partial charge in [-0.3, -0.25) is 14.4 Å². The van der Waals surface area contributed by atoms with E-state index in [0.717, 1.165) is 0 Å². The molecule has 0 amide bonds. The molecule has 0 N–H and O–H groups in total. The summed E-state index contributed by atoms with van der Waals surface area (Å²) in [6.07, 6.45) is 1.17. The van der Waals surface area contributed by atoms with Gasteiger partial charge in [-0.05, 0) is 6.08 Å². The van der Waals surface area contributed by atoms with E-state index >= 15 is 0 Å². The van der Waals surface area contributed by atoms with Crippen LogP contribution in [0.15, 0.2) is 12.3 Å². The van der Waals surface area contributed by atoms with E-state index in [1.807, 2.05) is 0 Å². The molecule has 1 heterocycles. The van der Waals surface area contributed by atoms with Crippen molar-refractivity contribution in [2.75, 3.05) is 6.61 Å². The van der Waals surface area contributed by atoms with Crippen LogP contribution in [0.3, 0.4) is 0 Å². The van der Waals surface area contributed by atoms with Gasteiger partial charge in [-0.15, -0.1) is 0 Å². The molecule has 0 radical (unpaired) electrons. The van der Waals surface area contributed by atoms with Gasteiger partial charge in [0, 0.05) is 27.2 Å². The molecule has 0 saturated heterocycles. The lowest BCUT2D eigenvalue weighted by Gasteiger charge is -2.33. The Balaban J connectivity index is 2.69. The summed E-state index contributed by atoms with van der Waals surface area (Å²) in [4.78, 5) is 32.9. The van der Waals surface area contributed by atoms with Crippen LogP contribution in [0.25, 0.3) is 0 Å². The molecule has 1 aliphatic rings. The van der Waals surface area contributed by atoms with E-state index < -0.39 is 36.2 Å². The Labute approximate surface area is 116 Å². The normalized spacial score (nSPS) is 24.4. The number of carbonyl (C=O) groups is 3. The third kappa shape index (κ3) is 5.29. The zero-order valence-corrected chi connectivity index (χ0v) is 11.7. The van der Waals surface area contributed by atoms with Crippen molar-refractivity contribution in [1.29, 1.82) is 0 Å². The standard InChI is InChI=1S/C13H18O7/c1-8(14)17-6-4-11-13(20-10(3)16)12(5-7-18-11)19-9(2)15/h5,7,11-13H,4,6H2,1-3H3/t11-,12-,13-/m1/s1. The minimum Gasteiger partial charge on any atom is -0.494 e. The van der Waals surface area contributed by atoms with Crippen LogP contribution in [0.4, 0.5) is 0 Å². The van der Waals surface area contributed by atoms with Crippen molar-refractivity contribution in [2.45, 2.75) is 45.5 Å². The smallest absolute Gasteiger partial charge is 0.303 e. The number of rotatable bonds is 5. The maximum atomic E-state index is 11.1. The topological polar surface area (TPSA) is 88.1 Å². The van der Waals surface area contributed by atoms with Crippen LogP contribution in [0.1, 0.15) is 27.2 Å². The van der Waals surface area contributed by atoms with E-state index in [2.05, 4.69) is 0 Å². The second-order valence-corrected chi connectivity index (χ2v) is 4.28. The maximum Gasteiger partial charge on any atom is 0.303 e. The highest BCUT2D eigenvalue weighted by atomic mass is 16.6. The Morgan fingerprint density at radius 1 is 1.05 bits per heavy atom. The van der Waals surface area contributed by atoms with Gasteiger partial charge in [0.25, 0.3) is 0 Å². The summed E-state index contributed by atoms with van der Waals surface area (Å²) in [5.41, 5.74) is 0. The fraction of sp³-hybridized carbons (Fsp3) is 0.615. The Hall–Kier alpha value is -2.05. The highest BCUT2D eigenvalue weighted by Gasteiger charge is 2.36. The van der Waals surface area contributed by atoms with Gasteiger partial charge in [-0.1, -0.05) is 0 Å². The molecule has 0 aliphatic carbocycles. The molecule has 0 fully saturated rings. The molecule has 7 heteroatoms. The summed E-state index contributed by atoms with van der Waals surface area (Å²) in [7, 11) is 0. The molecule has 0 aromatic rings. The summed E-state index contributed by atoms with van der Waals surface area (Å²) in [5, 5.41) is 0. The number of hydrogen-bond acceptors (Lipinski definition) is 7. The van der Waals surface area contributed by atoms with Crippen LogP contribution in [0.2, 0.25) is 0 Å². The fourth-order valence-electron chi connectivity index (χ4n) is 1.81. The molecule has 1 aliphatic heterocycles. The van der Waals surface area contributed by atoms with E-state index in [0.29, 0.717) is 6.42 Å². The molecule has 0 saturated carbocycles. The zero-order valence-electron chi connectivity index (χ0n) is 11.7. The molecule has 1 rings (SSSR count). The Morgan fingerprint density at radius 2 is 1.70 bits per heavy atom. The molecule has 20 heavy (non-hydrogen) atoms. The molecule has 0 bridgehead atoms. The number of ether oxygens (including phenoxy) is 4. The lowest BCUT2D eigenvalue weighted by Crippen LogP contribution is -2.45. The molecule has 0 unspecified atom stereocenters. The van der Waals surface area contributed by atoms with Gasteiger partial charge in [-0.2, -0.15) is 0 Å². The molecule has 3 atom stereocenters. The predicted molar refractivity (Wildman–Crippen MR) is 66.4 cm³/mol. The van der Waals surface area contributed by atoms with Crippen LogP contribution >= 0.6 is 0 Å². The first-order valence-corrected chi connectivity index (χ1v) is 6.20. The monoisotopic (exact) mass is 286 g/mol. The third-order valence-electron chi connectivity index (χ3n) is 2.52.